The maximum atomic E-state index is 16.1. The smallest absolute Gasteiger partial charge is 0.284 e. The number of hydrogen-bond donors (Lipinski definition) is 4. The van der Waals surface area contributed by atoms with Crippen LogP contribution in [0.3, 0.4) is 0 Å². The van der Waals surface area contributed by atoms with E-state index in [1.807, 2.05) is 12.1 Å². The minimum atomic E-state index is -3.26. The van der Waals surface area contributed by atoms with Gasteiger partial charge in [-0.15, -0.1) is 12.4 Å². The Kier molecular flexibility index (Phi) is 12.9. The van der Waals surface area contributed by atoms with Crippen molar-refractivity contribution in [2.24, 2.45) is 14.1 Å². The first-order valence-electron chi connectivity index (χ1n) is 24.0. The molecular weight excluding hydrogens is 1010 g/mol. The second-order valence-electron chi connectivity index (χ2n) is 19.3. The van der Waals surface area contributed by atoms with Crippen molar-refractivity contribution in [3.8, 4) is 0 Å². The van der Waals surface area contributed by atoms with E-state index in [9.17, 15) is 32.8 Å². The summed E-state index contributed by atoms with van der Waals surface area (Å²) < 4.78 is 64.4. The van der Waals surface area contributed by atoms with Gasteiger partial charge in [0.1, 0.15) is 5.02 Å². The summed E-state index contributed by atoms with van der Waals surface area (Å²) in [6, 6.07) is 12.9. The molecule has 3 aromatic heterocycles. The second-order valence-corrected chi connectivity index (χ2v) is 19.7. The highest BCUT2D eigenvalue weighted by Crippen LogP contribution is 2.41. The lowest BCUT2D eigenvalue weighted by Gasteiger charge is -2.40. The first kappa shape index (κ1) is 50.4. The monoisotopic (exact) mass is 1060 g/mol. The molecule has 0 bridgehead atoms. The number of aryl methyl sites for hydroxylation is 2. The Morgan fingerprint density at radius 3 is 1.84 bits per heavy atom. The molecule has 4 unspecified atom stereocenters. The molecule has 0 spiro atoms. The Morgan fingerprint density at radius 1 is 0.703 bits per heavy atom. The first-order chi connectivity index (χ1) is 34.8. The molecule has 4 saturated heterocycles. The number of fused-ring (bicyclic) bond motifs is 3. The molecule has 0 aliphatic carbocycles. The van der Waals surface area contributed by atoms with Crippen molar-refractivity contribution < 1.29 is 41.5 Å². The number of piperidine rings is 4. The fraction of sp³-hybridized carbons (Fsp3) is 0.408. The fourth-order valence-corrected chi connectivity index (χ4v) is 10.9. The van der Waals surface area contributed by atoms with Gasteiger partial charge >= 0.3 is 0 Å². The average molecular weight is 1060 g/mol. The van der Waals surface area contributed by atoms with Crippen LogP contribution in [0.15, 0.2) is 60.8 Å². The molecule has 4 N–H and O–H groups in total. The predicted molar refractivity (Wildman–Crippen MR) is 269 cm³/mol. The molecule has 25 heteroatoms. The highest BCUT2D eigenvalue weighted by molar-refractivity contribution is 6.33. The summed E-state index contributed by atoms with van der Waals surface area (Å²) in [5, 5.41) is 23.6. The van der Waals surface area contributed by atoms with Crippen LogP contribution in [0.1, 0.15) is 67.3 Å². The van der Waals surface area contributed by atoms with Gasteiger partial charge in [0.15, 0.2) is 5.82 Å². The van der Waals surface area contributed by atoms with Crippen LogP contribution in [-0.4, -0.2) is 126 Å². The Hall–Kier alpha value is -7.11. The van der Waals surface area contributed by atoms with Crippen LogP contribution in [-0.2, 0) is 44.5 Å². The number of halogens is 6. The number of rotatable bonds is 10. The molecule has 74 heavy (non-hydrogen) atoms. The minimum Gasteiger partial charge on any atom is -0.376 e. The molecule has 5 aliphatic heterocycles. The van der Waals surface area contributed by atoms with E-state index >= 15 is 8.78 Å². The van der Waals surface area contributed by atoms with Gasteiger partial charge < -0.3 is 31.1 Å². The van der Waals surface area contributed by atoms with Gasteiger partial charge in [0, 0.05) is 74.1 Å². The largest absolute Gasteiger partial charge is 0.376 e. The van der Waals surface area contributed by atoms with Gasteiger partial charge in [-0.25, -0.2) is 22.5 Å². The fourth-order valence-electron chi connectivity index (χ4n) is 10.7. The number of anilines is 6. The van der Waals surface area contributed by atoms with Crippen molar-refractivity contribution in [3.05, 3.63) is 82.8 Å². The quantitative estimate of drug-likeness (QED) is 0.0865. The number of hydrazine groups is 1. The van der Waals surface area contributed by atoms with Crippen LogP contribution in [0.2, 0.25) is 5.02 Å². The van der Waals surface area contributed by atoms with E-state index in [1.165, 1.54) is 20.5 Å². The lowest BCUT2D eigenvalue weighted by Crippen LogP contribution is -2.61. The van der Waals surface area contributed by atoms with Crippen LogP contribution in [0, 0.1) is 0 Å². The van der Waals surface area contributed by atoms with Crippen molar-refractivity contribution in [2.75, 3.05) is 59.0 Å². The number of likely N-dealkylation sites (N-methyl/N-ethyl adjacent to an activating group) is 1. The minimum absolute atomic E-state index is 0. The van der Waals surface area contributed by atoms with Crippen molar-refractivity contribution in [2.45, 2.75) is 80.7 Å². The van der Waals surface area contributed by atoms with Gasteiger partial charge in [0.05, 0.1) is 72.0 Å². The van der Waals surface area contributed by atoms with Crippen molar-refractivity contribution in [1.29, 1.82) is 0 Å². The molecule has 6 aromatic rings. The molecule has 19 nitrogen and oxygen atoms in total. The number of hydrogen-bond acceptors (Lipinski definition) is 14. The Bertz CT molecular complexity index is 3300. The van der Waals surface area contributed by atoms with Crippen LogP contribution in [0.25, 0.3) is 21.8 Å². The third-order valence-corrected chi connectivity index (χ3v) is 14.9. The number of imide groups is 2. The molecule has 11 rings (SSSR count). The Morgan fingerprint density at radius 2 is 1.27 bits per heavy atom. The van der Waals surface area contributed by atoms with Crippen molar-refractivity contribution in [1.82, 2.24) is 44.9 Å². The summed E-state index contributed by atoms with van der Waals surface area (Å²) in [6.45, 7) is -0.515. The number of amides is 5. The summed E-state index contributed by atoms with van der Waals surface area (Å²) in [5.41, 5.74) is 4.73. The lowest BCUT2D eigenvalue weighted by atomic mass is 9.90. The van der Waals surface area contributed by atoms with Gasteiger partial charge in [-0.2, -0.15) is 25.2 Å². The number of aromatic nitrogens is 6. The molecule has 0 radical (unpaired) electrons. The van der Waals surface area contributed by atoms with E-state index in [2.05, 4.69) is 41.4 Å². The average Bonchev–Trinajstić information content (AvgIpc) is 3.96. The number of nitrogens with zero attached hydrogens (tertiary/aromatic N) is 10. The summed E-state index contributed by atoms with van der Waals surface area (Å²) in [7, 11) is 5.00. The van der Waals surface area contributed by atoms with Crippen molar-refractivity contribution in [3.63, 3.8) is 0 Å². The van der Waals surface area contributed by atoms with E-state index in [-0.39, 0.29) is 92.3 Å². The van der Waals surface area contributed by atoms with Gasteiger partial charge in [0.25, 0.3) is 23.7 Å². The Balaban J connectivity index is 0.00000626. The molecular formula is C49H50Cl2F4N14O5. The maximum Gasteiger partial charge on any atom is 0.284 e. The van der Waals surface area contributed by atoms with E-state index in [0.717, 1.165) is 11.3 Å². The highest BCUT2D eigenvalue weighted by Gasteiger charge is 2.50. The molecule has 0 saturated carbocycles. The predicted octanol–water partition coefficient (Wildman–Crippen LogP) is 6.40. The van der Waals surface area contributed by atoms with E-state index in [0.29, 0.717) is 61.1 Å². The molecule has 3 aromatic carbocycles. The second kappa shape index (κ2) is 19.0. The maximum absolute atomic E-state index is 16.1. The molecule has 388 valence electrons. The van der Waals surface area contributed by atoms with E-state index in [4.69, 9.17) is 11.6 Å². The number of alkyl halides is 4. The van der Waals surface area contributed by atoms with E-state index in [1.54, 1.807) is 68.5 Å². The van der Waals surface area contributed by atoms with Gasteiger partial charge in [0.2, 0.25) is 23.7 Å². The number of carbonyl (C=O) groups is 5. The van der Waals surface area contributed by atoms with Gasteiger partial charge in [-0.05, 0) is 92.4 Å². The molecule has 5 amide bonds. The third-order valence-electron chi connectivity index (χ3n) is 14.6. The number of carbonyl (C=O) groups excluding carboxylic acids is 5. The SMILES string of the molecule is CN1C(=O)Cc2cc(Nc3nc(N4CCC(Nc5ccc6c(C7CCC(=O)N(N8C(=O)CCC(c9nn(C)c%10cc(NC%11CCNCC%11(F)F)ccc9%10)C8=O)C7=O)nn(C)c6c5)C(F)(F)C4)ncc3Cl)ccc21.Cl. The molecule has 5 aliphatic rings. The number of benzene rings is 3. The zero-order valence-corrected chi connectivity index (χ0v) is 41.7. The van der Waals surface area contributed by atoms with Crippen LogP contribution in [0.5, 0.6) is 0 Å². The molecule has 8 heterocycles. The normalized spacial score (nSPS) is 22.9. The molecule has 4 atom stereocenters. The molecule has 4 fully saturated rings. The van der Waals surface area contributed by atoms with Crippen LogP contribution >= 0.6 is 24.0 Å². The van der Waals surface area contributed by atoms with Crippen molar-refractivity contribution >= 4 is 110 Å². The standard InChI is InChI=1S/C49H49ClF4N14O5.ClH/c1-63-34-11-6-26(18-25(34)19-41(63)71)59-44-33(50)22-56-47(60-44)66-17-15-38(49(53,54)24-66)58-28-5-8-30-36(21-28)65(3)62-43(30)32-10-13-40(70)68(46(32)73)67-39(69)12-9-31(45(67)72)42-29-7-4-27(20-35(29)64(2)61-42)57-37-14-16-55-23-48(37,51)52;/h4-8,11,18,20-22,31-32,37-38,55,57-58H,9-10,12-17,19,23-24H2,1-3H3,(H,56,59,60);1H. The van der Waals surface area contributed by atoms with Gasteiger partial charge in [-0.1, -0.05) is 11.6 Å². The summed E-state index contributed by atoms with van der Waals surface area (Å²) in [4.78, 5) is 80.1. The van der Waals surface area contributed by atoms with Crippen LogP contribution in [0.4, 0.5) is 52.1 Å². The topological polar surface area (TPSA) is 208 Å². The van der Waals surface area contributed by atoms with E-state index < -0.39 is 72.5 Å². The van der Waals surface area contributed by atoms with Gasteiger partial charge in [-0.3, -0.25) is 33.3 Å². The summed E-state index contributed by atoms with van der Waals surface area (Å²) in [6.07, 6.45) is 1.57. The summed E-state index contributed by atoms with van der Waals surface area (Å²) in [5.74, 6) is -11.1. The zero-order chi connectivity index (χ0) is 51.2. The summed E-state index contributed by atoms with van der Waals surface area (Å²) >= 11 is 6.44. The highest BCUT2D eigenvalue weighted by atomic mass is 35.5. The Labute approximate surface area is 431 Å². The zero-order valence-electron chi connectivity index (χ0n) is 40.2. The lowest BCUT2D eigenvalue weighted by molar-refractivity contribution is -0.186. The van der Waals surface area contributed by atoms with Crippen LogP contribution < -0.4 is 31.1 Å². The number of nitrogens with one attached hydrogen (secondary N) is 4. The third kappa shape index (κ3) is 8.86. The first-order valence-corrected chi connectivity index (χ1v) is 24.3.